The SMILES string of the molecule is CC(C)(C)OC(=O)N[C@H](C#N)C(C)(C)C. The Kier molecular flexibility index (Phi) is 4.15. The molecule has 0 spiro atoms. The van der Waals surface area contributed by atoms with Gasteiger partial charge < -0.3 is 10.1 Å². The number of hydrogen-bond donors (Lipinski definition) is 1. The number of amides is 1. The van der Waals surface area contributed by atoms with E-state index < -0.39 is 17.7 Å². The fraction of sp³-hybridized carbons (Fsp3) is 0.818. The van der Waals surface area contributed by atoms with Crippen molar-refractivity contribution in [2.24, 2.45) is 5.41 Å². The van der Waals surface area contributed by atoms with E-state index in [1.807, 2.05) is 26.8 Å². The molecule has 0 aliphatic carbocycles. The summed E-state index contributed by atoms with van der Waals surface area (Å²) in [6.07, 6.45) is -0.552. The highest BCUT2D eigenvalue weighted by molar-refractivity contribution is 5.68. The molecule has 4 heteroatoms. The Morgan fingerprint density at radius 3 is 2.00 bits per heavy atom. The van der Waals surface area contributed by atoms with Gasteiger partial charge in [0, 0.05) is 0 Å². The summed E-state index contributed by atoms with van der Waals surface area (Å²) in [7, 11) is 0. The number of hydrogen-bond acceptors (Lipinski definition) is 3. The monoisotopic (exact) mass is 212 g/mol. The van der Waals surface area contributed by atoms with E-state index in [4.69, 9.17) is 10.00 Å². The third-order valence-corrected chi connectivity index (χ3v) is 1.66. The summed E-state index contributed by atoms with van der Waals surface area (Å²) < 4.78 is 5.06. The van der Waals surface area contributed by atoms with Crippen LogP contribution in [0.1, 0.15) is 41.5 Å². The zero-order valence-electron chi connectivity index (χ0n) is 10.3. The minimum Gasteiger partial charge on any atom is -0.444 e. The van der Waals surface area contributed by atoms with E-state index in [9.17, 15) is 4.79 Å². The summed E-state index contributed by atoms with van der Waals surface area (Å²) >= 11 is 0. The number of carbonyl (C=O) groups excluding carboxylic acids is 1. The van der Waals surface area contributed by atoms with Crippen molar-refractivity contribution in [3.05, 3.63) is 0 Å². The molecule has 1 N–H and O–H groups in total. The maximum absolute atomic E-state index is 11.4. The predicted octanol–water partition coefficient (Wildman–Crippen LogP) is 2.45. The van der Waals surface area contributed by atoms with Crippen LogP contribution >= 0.6 is 0 Å². The van der Waals surface area contributed by atoms with Crippen molar-refractivity contribution in [2.75, 3.05) is 0 Å². The number of carbonyl (C=O) groups is 1. The van der Waals surface area contributed by atoms with Gasteiger partial charge in [-0.2, -0.15) is 5.26 Å². The van der Waals surface area contributed by atoms with Gasteiger partial charge in [-0.15, -0.1) is 0 Å². The van der Waals surface area contributed by atoms with Crippen LogP contribution in [0.5, 0.6) is 0 Å². The molecule has 0 heterocycles. The third-order valence-electron chi connectivity index (χ3n) is 1.66. The maximum atomic E-state index is 11.4. The van der Waals surface area contributed by atoms with Crippen molar-refractivity contribution in [2.45, 2.75) is 53.2 Å². The number of alkyl carbamates (subject to hydrolysis) is 1. The van der Waals surface area contributed by atoms with Crippen LogP contribution in [0.2, 0.25) is 0 Å². The van der Waals surface area contributed by atoms with Gasteiger partial charge in [-0.25, -0.2) is 4.79 Å². The minimum absolute atomic E-state index is 0.300. The Morgan fingerprint density at radius 2 is 1.73 bits per heavy atom. The quantitative estimate of drug-likeness (QED) is 0.726. The molecule has 0 bridgehead atoms. The molecule has 4 nitrogen and oxygen atoms in total. The summed E-state index contributed by atoms with van der Waals surface area (Å²) in [5, 5.41) is 11.4. The Balaban J connectivity index is 4.36. The van der Waals surface area contributed by atoms with Gasteiger partial charge in [0.1, 0.15) is 11.6 Å². The Morgan fingerprint density at radius 1 is 1.27 bits per heavy atom. The molecule has 1 atom stereocenters. The van der Waals surface area contributed by atoms with Gasteiger partial charge >= 0.3 is 6.09 Å². The molecule has 0 saturated carbocycles. The molecule has 0 unspecified atom stereocenters. The second kappa shape index (κ2) is 4.52. The summed E-state index contributed by atoms with van der Waals surface area (Å²) in [6.45, 7) is 11.0. The van der Waals surface area contributed by atoms with Gasteiger partial charge in [0.15, 0.2) is 0 Å². The molecular weight excluding hydrogens is 192 g/mol. The second-order valence-corrected chi connectivity index (χ2v) is 5.57. The highest BCUT2D eigenvalue weighted by atomic mass is 16.6. The fourth-order valence-electron chi connectivity index (χ4n) is 0.868. The Bertz CT molecular complexity index is 266. The van der Waals surface area contributed by atoms with Crippen LogP contribution in [0.15, 0.2) is 0 Å². The van der Waals surface area contributed by atoms with Crippen LogP contribution in [-0.2, 0) is 4.74 Å². The van der Waals surface area contributed by atoms with E-state index in [1.165, 1.54) is 0 Å². The standard InChI is InChI=1S/C11H20N2O2/c1-10(2,3)8(7-12)13-9(14)15-11(4,5)6/h8H,1-6H3,(H,13,14)/t8-/m1/s1. The van der Waals surface area contributed by atoms with E-state index in [2.05, 4.69) is 5.32 Å². The van der Waals surface area contributed by atoms with Gasteiger partial charge in [0.25, 0.3) is 0 Å². The number of nitrogens with one attached hydrogen (secondary N) is 1. The van der Waals surface area contributed by atoms with Crippen LogP contribution in [0, 0.1) is 16.7 Å². The van der Waals surface area contributed by atoms with Crippen molar-refractivity contribution < 1.29 is 9.53 Å². The van der Waals surface area contributed by atoms with Gasteiger partial charge in [0.2, 0.25) is 0 Å². The van der Waals surface area contributed by atoms with Crippen molar-refractivity contribution >= 4 is 6.09 Å². The first kappa shape index (κ1) is 13.8. The first-order valence-corrected chi connectivity index (χ1v) is 4.95. The normalized spacial score (nSPS) is 13.9. The van der Waals surface area contributed by atoms with Crippen molar-refractivity contribution in [1.29, 1.82) is 5.26 Å². The molecule has 86 valence electrons. The van der Waals surface area contributed by atoms with E-state index in [0.29, 0.717) is 0 Å². The highest BCUT2D eigenvalue weighted by Crippen LogP contribution is 2.19. The number of nitrogens with zero attached hydrogens (tertiary/aromatic N) is 1. The van der Waals surface area contributed by atoms with E-state index in [-0.39, 0.29) is 5.41 Å². The van der Waals surface area contributed by atoms with Crippen molar-refractivity contribution in [3.63, 3.8) is 0 Å². The number of nitriles is 1. The summed E-state index contributed by atoms with van der Waals surface area (Å²) in [5.41, 5.74) is -0.840. The first-order valence-electron chi connectivity index (χ1n) is 4.95. The van der Waals surface area contributed by atoms with E-state index >= 15 is 0 Å². The molecule has 0 saturated heterocycles. The summed E-state index contributed by atoms with van der Waals surface area (Å²) in [5.74, 6) is 0. The highest BCUT2D eigenvalue weighted by Gasteiger charge is 2.27. The van der Waals surface area contributed by atoms with Gasteiger partial charge in [-0.05, 0) is 26.2 Å². The Labute approximate surface area is 91.6 Å². The third kappa shape index (κ3) is 5.95. The zero-order chi connectivity index (χ0) is 12.3. The van der Waals surface area contributed by atoms with Crippen LogP contribution in [0.25, 0.3) is 0 Å². The molecule has 0 rings (SSSR count). The number of rotatable bonds is 1. The molecular formula is C11H20N2O2. The first-order chi connectivity index (χ1) is 6.56. The molecule has 0 aromatic carbocycles. The van der Waals surface area contributed by atoms with Crippen LogP contribution in [0.3, 0.4) is 0 Å². The smallest absolute Gasteiger partial charge is 0.408 e. The zero-order valence-corrected chi connectivity index (χ0v) is 10.3. The van der Waals surface area contributed by atoms with Crippen LogP contribution in [0.4, 0.5) is 4.79 Å². The van der Waals surface area contributed by atoms with Crippen molar-refractivity contribution in [1.82, 2.24) is 5.32 Å². The van der Waals surface area contributed by atoms with Gasteiger partial charge in [-0.1, -0.05) is 20.8 Å². The average Bonchev–Trinajstić information content (AvgIpc) is 1.94. The fourth-order valence-corrected chi connectivity index (χ4v) is 0.868. The molecule has 0 fully saturated rings. The van der Waals surface area contributed by atoms with E-state index in [0.717, 1.165) is 0 Å². The second-order valence-electron chi connectivity index (χ2n) is 5.57. The molecule has 0 radical (unpaired) electrons. The van der Waals surface area contributed by atoms with Crippen LogP contribution < -0.4 is 5.32 Å². The Hall–Kier alpha value is -1.24. The maximum Gasteiger partial charge on any atom is 0.408 e. The molecule has 1 amide bonds. The summed E-state index contributed by atoms with van der Waals surface area (Å²) in [6, 6.07) is 1.50. The molecule has 0 aromatic rings. The minimum atomic E-state index is -0.552. The van der Waals surface area contributed by atoms with Gasteiger partial charge in [-0.3, -0.25) is 0 Å². The predicted molar refractivity (Wildman–Crippen MR) is 58.2 cm³/mol. The molecule has 0 aliphatic rings. The van der Waals surface area contributed by atoms with Crippen molar-refractivity contribution in [3.8, 4) is 6.07 Å². The lowest BCUT2D eigenvalue weighted by Crippen LogP contribution is -2.44. The lowest BCUT2D eigenvalue weighted by atomic mass is 9.88. The summed E-state index contributed by atoms with van der Waals surface area (Å²) in [4.78, 5) is 11.4. The number of ether oxygens (including phenoxy) is 1. The lowest BCUT2D eigenvalue weighted by molar-refractivity contribution is 0.0487. The van der Waals surface area contributed by atoms with Crippen LogP contribution in [-0.4, -0.2) is 17.7 Å². The lowest BCUT2D eigenvalue weighted by Gasteiger charge is -2.27. The largest absolute Gasteiger partial charge is 0.444 e. The molecule has 0 aromatic heterocycles. The van der Waals surface area contributed by atoms with E-state index in [1.54, 1.807) is 20.8 Å². The molecule has 0 aliphatic heterocycles. The van der Waals surface area contributed by atoms with Gasteiger partial charge in [0.05, 0.1) is 6.07 Å². The average molecular weight is 212 g/mol. The molecule has 15 heavy (non-hydrogen) atoms. The topological polar surface area (TPSA) is 62.1 Å².